The zero-order valence-corrected chi connectivity index (χ0v) is 12.5. The molecule has 0 saturated carbocycles. The lowest BCUT2D eigenvalue weighted by atomic mass is 10.5. The van der Waals surface area contributed by atoms with Crippen molar-refractivity contribution >= 4 is 15.2 Å². The van der Waals surface area contributed by atoms with Crippen LogP contribution in [-0.2, 0) is 18.2 Å². The van der Waals surface area contributed by atoms with Crippen LogP contribution in [0.15, 0.2) is 0 Å². The maximum Gasteiger partial charge on any atom is 0.330 e. The maximum atomic E-state index is 11.4. The topological polar surface area (TPSA) is 93.1 Å². The Kier molecular flexibility index (Phi) is 7.15. The zero-order chi connectivity index (χ0) is 13.7. The van der Waals surface area contributed by atoms with Gasteiger partial charge in [-0.25, -0.2) is 0 Å². The Bertz CT molecular complexity index is 285. The van der Waals surface area contributed by atoms with Gasteiger partial charge in [-0.15, -0.1) is 0 Å². The second-order valence-corrected chi connectivity index (χ2v) is 9.17. The van der Waals surface area contributed by atoms with Gasteiger partial charge in [0.05, 0.1) is 24.5 Å². The highest BCUT2D eigenvalue weighted by Gasteiger charge is 2.25. The third-order valence-corrected chi connectivity index (χ3v) is 5.86. The Morgan fingerprint density at radius 3 is 1.41 bits per heavy atom. The van der Waals surface area contributed by atoms with E-state index in [0.29, 0.717) is 6.42 Å². The molecule has 0 spiro atoms. The summed E-state index contributed by atoms with van der Waals surface area (Å²) in [4.78, 5) is 18.7. The third kappa shape index (κ3) is 6.70. The number of rotatable bonds is 8. The predicted octanol–water partition coefficient (Wildman–Crippen LogP) is 2.60. The molecule has 0 aromatic carbocycles. The van der Waals surface area contributed by atoms with Crippen molar-refractivity contribution in [1.29, 1.82) is 0 Å². The van der Waals surface area contributed by atoms with Crippen molar-refractivity contribution in [3.05, 3.63) is 0 Å². The van der Waals surface area contributed by atoms with E-state index < -0.39 is 26.5 Å². The number of hydrogen-bond donors (Lipinski definition) is 2. The molecule has 0 aliphatic carbocycles. The van der Waals surface area contributed by atoms with Crippen LogP contribution in [-0.4, -0.2) is 34.3 Å². The van der Waals surface area contributed by atoms with Crippen LogP contribution in [0, 0.1) is 0 Å². The van der Waals surface area contributed by atoms with Gasteiger partial charge in [0, 0.05) is 0 Å². The summed E-state index contributed by atoms with van der Waals surface area (Å²) in [6.07, 6.45) is 0.300. The summed E-state index contributed by atoms with van der Waals surface area (Å²) in [5.41, 5.74) is -0.911. The molecule has 0 aliphatic heterocycles. The highest BCUT2D eigenvalue weighted by molar-refractivity contribution is 7.53. The summed E-state index contributed by atoms with van der Waals surface area (Å²) in [6.45, 7) is 6.44. The normalized spacial score (nSPS) is 19.3. The predicted molar refractivity (Wildman–Crippen MR) is 66.4 cm³/mol. The van der Waals surface area contributed by atoms with Crippen molar-refractivity contribution in [2.75, 3.05) is 13.2 Å². The quantitative estimate of drug-likeness (QED) is 0.526. The van der Waals surface area contributed by atoms with Gasteiger partial charge in [-0.05, 0) is 6.42 Å². The van der Waals surface area contributed by atoms with E-state index in [4.69, 9.17) is 9.05 Å². The van der Waals surface area contributed by atoms with Crippen molar-refractivity contribution in [2.24, 2.45) is 0 Å². The van der Waals surface area contributed by atoms with E-state index in [1.807, 2.05) is 0 Å². The second kappa shape index (κ2) is 7.03. The van der Waals surface area contributed by atoms with E-state index in [-0.39, 0.29) is 13.2 Å². The van der Waals surface area contributed by atoms with Crippen molar-refractivity contribution < 1.29 is 28.0 Å². The van der Waals surface area contributed by atoms with Crippen LogP contribution in [0.1, 0.15) is 34.1 Å². The molecule has 0 aromatic rings. The fourth-order valence-electron chi connectivity index (χ4n) is 0.748. The molecule has 2 atom stereocenters. The van der Waals surface area contributed by atoms with Crippen LogP contribution >= 0.6 is 15.2 Å². The molecule has 0 fully saturated rings. The van der Waals surface area contributed by atoms with Crippen LogP contribution in [0.2, 0.25) is 0 Å². The first-order valence-corrected chi connectivity index (χ1v) is 8.83. The monoisotopic (exact) mass is 288 g/mol. The van der Waals surface area contributed by atoms with E-state index in [9.17, 15) is 18.9 Å². The SMILES string of the molecule is CC(C)P(=O)(O)OCCCOP(=O)(O)C(C)C. The minimum atomic E-state index is -3.55. The summed E-state index contributed by atoms with van der Waals surface area (Å²) in [6, 6.07) is 0. The highest BCUT2D eigenvalue weighted by atomic mass is 31.2. The van der Waals surface area contributed by atoms with Crippen LogP contribution in [0.25, 0.3) is 0 Å². The van der Waals surface area contributed by atoms with Gasteiger partial charge in [-0.3, -0.25) is 9.13 Å². The molecule has 0 radical (unpaired) electrons. The van der Waals surface area contributed by atoms with Gasteiger partial charge in [0.25, 0.3) is 0 Å². The van der Waals surface area contributed by atoms with Crippen LogP contribution in [0.5, 0.6) is 0 Å². The zero-order valence-electron chi connectivity index (χ0n) is 10.7. The molecule has 0 saturated heterocycles. The summed E-state index contributed by atoms with van der Waals surface area (Å²) in [5, 5.41) is 0. The first-order valence-electron chi connectivity index (χ1n) is 5.53. The van der Waals surface area contributed by atoms with E-state index in [1.165, 1.54) is 0 Å². The lowest BCUT2D eigenvalue weighted by Crippen LogP contribution is -2.06. The Labute approximate surface area is 102 Å². The summed E-state index contributed by atoms with van der Waals surface area (Å²) >= 11 is 0. The van der Waals surface area contributed by atoms with Gasteiger partial charge in [-0.1, -0.05) is 27.7 Å². The van der Waals surface area contributed by atoms with Gasteiger partial charge in [-0.2, -0.15) is 0 Å². The fourth-order valence-corrected chi connectivity index (χ4v) is 2.13. The maximum absolute atomic E-state index is 11.4. The minimum Gasteiger partial charge on any atom is -0.324 e. The molecule has 17 heavy (non-hydrogen) atoms. The van der Waals surface area contributed by atoms with Gasteiger partial charge < -0.3 is 18.8 Å². The first kappa shape index (κ1) is 17.3. The Balaban J connectivity index is 3.82. The lowest BCUT2D eigenvalue weighted by Gasteiger charge is -2.17. The van der Waals surface area contributed by atoms with Gasteiger partial charge >= 0.3 is 15.2 Å². The molecular weight excluding hydrogens is 266 g/mol. The van der Waals surface area contributed by atoms with Gasteiger partial charge in [0.1, 0.15) is 0 Å². The summed E-state index contributed by atoms with van der Waals surface area (Å²) in [7, 11) is -7.10. The average Bonchev–Trinajstić information content (AvgIpc) is 2.16. The molecule has 8 heteroatoms. The molecule has 0 aliphatic rings. The van der Waals surface area contributed by atoms with E-state index in [2.05, 4.69) is 0 Å². The van der Waals surface area contributed by atoms with Crippen LogP contribution < -0.4 is 0 Å². The Morgan fingerprint density at radius 1 is 0.882 bits per heavy atom. The molecular formula is C9H22O6P2. The van der Waals surface area contributed by atoms with E-state index >= 15 is 0 Å². The van der Waals surface area contributed by atoms with E-state index in [0.717, 1.165) is 0 Å². The summed E-state index contributed by atoms with van der Waals surface area (Å²) < 4.78 is 32.4. The van der Waals surface area contributed by atoms with Crippen molar-refractivity contribution in [3.8, 4) is 0 Å². The molecule has 0 aromatic heterocycles. The molecule has 2 N–H and O–H groups in total. The lowest BCUT2D eigenvalue weighted by molar-refractivity contribution is 0.204. The molecule has 0 bridgehead atoms. The average molecular weight is 288 g/mol. The molecule has 2 unspecified atom stereocenters. The van der Waals surface area contributed by atoms with Crippen LogP contribution in [0.4, 0.5) is 0 Å². The molecule has 0 rings (SSSR count). The molecule has 0 heterocycles. The van der Waals surface area contributed by atoms with Crippen LogP contribution in [0.3, 0.4) is 0 Å². The van der Waals surface area contributed by atoms with Gasteiger partial charge in [0.2, 0.25) is 0 Å². The van der Waals surface area contributed by atoms with Crippen molar-refractivity contribution in [1.82, 2.24) is 0 Å². The Hall–Kier alpha value is 0.300. The van der Waals surface area contributed by atoms with Gasteiger partial charge in [0.15, 0.2) is 0 Å². The highest BCUT2D eigenvalue weighted by Crippen LogP contribution is 2.48. The summed E-state index contributed by atoms with van der Waals surface area (Å²) in [5.74, 6) is 0. The minimum absolute atomic E-state index is 0.0318. The largest absolute Gasteiger partial charge is 0.330 e. The van der Waals surface area contributed by atoms with Crippen molar-refractivity contribution in [3.63, 3.8) is 0 Å². The fraction of sp³-hybridized carbons (Fsp3) is 1.00. The Morgan fingerprint density at radius 2 is 1.18 bits per heavy atom. The molecule has 104 valence electrons. The molecule has 6 nitrogen and oxygen atoms in total. The standard InChI is InChI=1S/C9H22O6P2/c1-8(2)16(10,11)14-6-5-7-15-17(12,13)9(3)4/h8-9H,5-7H2,1-4H3,(H,10,11)(H,12,13). The molecule has 0 amide bonds. The van der Waals surface area contributed by atoms with E-state index in [1.54, 1.807) is 27.7 Å². The smallest absolute Gasteiger partial charge is 0.324 e. The third-order valence-electron chi connectivity index (χ3n) is 2.15. The number of hydrogen-bond acceptors (Lipinski definition) is 4. The second-order valence-electron chi connectivity index (χ2n) is 4.34. The first-order chi connectivity index (χ1) is 7.59. The van der Waals surface area contributed by atoms with Crippen molar-refractivity contribution in [2.45, 2.75) is 45.4 Å².